The summed E-state index contributed by atoms with van der Waals surface area (Å²) in [7, 11) is -3.25. The van der Waals surface area contributed by atoms with Gasteiger partial charge in [-0.25, -0.2) is 8.42 Å². The molecule has 2 N–H and O–H groups in total. The summed E-state index contributed by atoms with van der Waals surface area (Å²) < 4.78 is 25.8. The molecular formula is C33H38ClN5O4S. The van der Waals surface area contributed by atoms with Gasteiger partial charge < -0.3 is 20.4 Å². The lowest BCUT2D eigenvalue weighted by atomic mass is 9.95. The van der Waals surface area contributed by atoms with Crippen molar-refractivity contribution >= 4 is 39.1 Å². The first-order chi connectivity index (χ1) is 21.2. The Kier molecular flexibility index (Phi) is 8.96. The Morgan fingerprint density at radius 2 is 1.64 bits per heavy atom. The van der Waals surface area contributed by atoms with Crippen LogP contribution in [0.2, 0.25) is 5.02 Å². The van der Waals surface area contributed by atoms with Gasteiger partial charge in [0, 0.05) is 62.9 Å². The molecule has 0 aliphatic carbocycles. The average molecular weight is 636 g/mol. The molecule has 3 aliphatic heterocycles. The Balaban J connectivity index is 1.14. The fourth-order valence-electron chi connectivity index (χ4n) is 6.50. The minimum atomic E-state index is -3.25. The van der Waals surface area contributed by atoms with Crippen LogP contribution in [0, 0.1) is 0 Å². The Morgan fingerprint density at radius 3 is 2.36 bits per heavy atom. The number of halogens is 1. The maximum absolute atomic E-state index is 14.0. The molecular weight excluding hydrogens is 598 g/mol. The quantitative estimate of drug-likeness (QED) is 0.414. The molecule has 0 bridgehead atoms. The molecule has 0 unspecified atom stereocenters. The lowest BCUT2D eigenvalue weighted by Gasteiger charge is -2.39. The lowest BCUT2D eigenvalue weighted by molar-refractivity contribution is -0.137. The minimum Gasteiger partial charge on any atom is -0.368 e. The zero-order valence-corrected chi connectivity index (χ0v) is 26.4. The van der Waals surface area contributed by atoms with Crippen molar-refractivity contribution in [3.63, 3.8) is 0 Å². The van der Waals surface area contributed by atoms with Crippen molar-refractivity contribution in [2.24, 2.45) is 0 Å². The number of hydrogen-bond donors (Lipinski definition) is 2. The number of fused-ring (bicyclic) bond motifs is 2. The molecule has 0 spiro atoms. The van der Waals surface area contributed by atoms with E-state index in [4.69, 9.17) is 11.6 Å². The number of amides is 2. The zero-order chi connectivity index (χ0) is 30.8. The van der Waals surface area contributed by atoms with Gasteiger partial charge in [-0.15, -0.1) is 0 Å². The van der Waals surface area contributed by atoms with Crippen LogP contribution in [0.15, 0.2) is 66.7 Å². The lowest BCUT2D eigenvalue weighted by Crippen LogP contribution is -2.58. The number of piperazine rings is 1. The maximum Gasteiger partial charge on any atom is 0.245 e. The van der Waals surface area contributed by atoms with Gasteiger partial charge in [0.25, 0.3) is 0 Å². The van der Waals surface area contributed by atoms with Crippen LogP contribution in [0.3, 0.4) is 0 Å². The van der Waals surface area contributed by atoms with Crippen LogP contribution >= 0.6 is 11.6 Å². The van der Waals surface area contributed by atoms with E-state index >= 15 is 0 Å². The van der Waals surface area contributed by atoms with Gasteiger partial charge in [-0.05, 0) is 58.9 Å². The topological polar surface area (TPSA) is 102 Å². The first-order valence-corrected chi connectivity index (χ1v) is 17.3. The molecule has 6 rings (SSSR count). The molecule has 9 nitrogen and oxygen atoms in total. The largest absolute Gasteiger partial charge is 0.368 e. The van der Waals surface area contributed by atoms with Gasteiger partial charge in [-0.1, -0.05) is 60.1 Å². The summed E-state index contributed by atoms with van der Waals surface area (Å²) in [6, 6.07) is 20.4. The van der Waals surface area contributed by atoms with Crippen LogP contribution in [0.1, 0.15) is 27.8 Å². The molecule has 44 heavy (non-hydrogen) atoms. The summed E-state index contributed by atoms with van der Waals surface area (Å²) in [6.45, 7) is 3.82. The highest BCUT2D eigenvalue weighted by Gasteiger charge is 2.33. The molecule has 11 heteroatoms. The molecule has 3 aliphatic rings. The number of carbonyl (C=O) groups excluding carboxylic acids is 2. The monoisotopic (exact) mass is 635 g/mol. The van der Waals surface area contributed by atoms with Gasteiger partial charge in [0.2, 0.25) is 21.8 Å². The predicted molar refractivity (Wildman–Crippen MR) is 172 cm³/mol. The Bertz CT molecular complexity index is 1640. The van der Waals surface area contributed by atoms with Crippen molar-refractivity contribution in [3.05, 3.63) is 99.6 Å². The molecule has 0 aromatic heterocycles. The third-order valence-corrected chi connectivity index (χ3v) is 10.5. The number of nitrogens with one attached hydrogen (secondary N) is 2. The van der Waals surface area contributed by atoms with Crippen molar-refractivity contribution in [1.82, 2.24) is 19.8 Å². The summed E-state index contributed by atoms with van der Waals surface area (Å²) in [6.07, 6.45) is 2.86. The summed E-state index contributed by atoms with van der Waals surface area (Å²) >= 11 is 6.11. The molecule has 0 radical (unpaired) electrons. The Labute approximate surface area is 264 Å². The van der Waals surface area contributed by atoms with E-state index in [1.165, 1.54) is 21.7 Å². The molecule has 1 fully saturated rings. The van der Waals surface area contributed by atoms with Crippen LogP contribution in [0.4, 0.5) is 5.69 Å². The predicted octanol–water partition coefficient (Wildman–Crippen LogP) is 2.75. The van der Waals surface area contributed by atoms with Gasteiger partial charge in [0.15, 0.2) is 0 Å². The molecule has 3 aromatic rings. The van der Waals surface area contributed by atoms with E-state index in [0.29, 0.717) is 70.1 Å². The highest BCUT2D eigenvalue weighted by molar-refractivity contribution is 7.88. The van der Waals surface area contributed by atoms with Gasteiger partial charge in [-0.2, -0.15) is 4.31 Å². The third kappa shape index (κ3) is 6.78. The number of benzene rings is 3. The second-order valence-electron chi connectivity index (χ2n) is 11.9. The maximum atomic E-state index is 14.0. The SMILES string of the molecule is CS(=O)(=O)N1CCc2c(cccc2N2CCN(C(=O)[C@@H](Cc3ccc(Cl)cc3)NC(=O)[C@H]3Cc4ccccc4CN3)CC2)C1. The Hall–Kier alpha value is -3.44. The highest BCUT2D eigenvalue weighted by atomic mass is 35.5. The van der Waals surface area contributed by atoms with Gasteiger partial charge >= 0.3 is 0 Å². The van der Waals surface area contributed by atoms with Gasteiger partial charge in [-0.3, -0.25) is 9.59 Å². The van der Waals surface area contributed by atoms with Crippen LogP contribution in [-0.2, 0) is 52.0 Å². The summed E-state index contributed by atoms with van der Waals surface area (Å²) in [5, 5.41) is 7.04. The van der Waals surface area contributed by atoms with Crippen molar-refractivity contribution in [3.8, 4) is 0 Å². The van der Waals surface area contributed by atoms with E-state index in [1.54, 1.807) is 12.1 Å². The molecule has 2 atom stereocenters. The van der Waals surface area contributed by atoms with E-state index in [9.17, 15) is 18.0 Å². The number of sulfonamides is 1. The van der Waals surface area contributed by atoms with E-state index < -0.39 is 22.1 Å². The van der Waals surface area contributed by atoms with Crippen molar-refractivity contribution in [2.75, 3.05) is 43.9 Å². The smallest absolute Gasteiger partial charge is 0.245 e. The highest BCUT2D eigenvalue weighted by Crippen LogP contribution is 2.30. The van der Waals surface area contributed by atoms with E-state index in [0.717, 1.165) is 22.4 Å². The van der Waals surface area contributed by atoms with Gasteiger partial charge in [0.1, 0.15) is 6.04 Å². The van der Waals surface area contributed by atoms with Crippen LogP contribution in [0.25, 0.3) is 0 Å². The fourth-order valence-corrected chi connectivity index (χ4v) is 7.42. The summed E-state index contributed by atoms with van der Waals surface area (Å²) in [5.74, 6) is -0.271. The van der Waals surface area contributed by atoms with E-state index in [-0.39, 0.29) is 11.8 Å². The van der Waals surface area contributed by atoms with Crippen LogP contribution in [-0.4, -0.2) is 80.5 Å². The normalized spacial score (nSPS) is 19.5. The number of nitrogens with zero attached hydrogens (tertiary/aromatic N) is 3. The molecule has 232 valence electrons. The number of anilines is 1. The van der Waals surface area contributed by atoms with Gasteiger partial charge in [0.05, 0.1) is 12.3 Å². The second-order valence-corrected chi connectivity index (χ2v) is 14.3. The summed E-state index contributed by atoms with van der Waals surface area (Å²) in [5.41, 5.74) is 6.58. The number of rotatable bonds is 7. The van der Waals surface area contributed by atoms with E-state index in [1.807, 2.05) is 41.3 Å². The molecule has 3 heterocycles. The molecule has 0 saturated carbocycles. The van der Waals surface area contributed by atoms with Crippen LogP contribution < -0.4 is 15.5 Å². The second kappa shape index (κ2) is 12.9. The molecule has 3 aromatic carbocycles. The first kappa shape index (κ1) is 30.6. The minimum absolute atomic E-state index is 0.0944. The fraction of sp³-hybridized carbons (Fsp3) is 0.394. The van der Waals surface area contributed by atoms with Crippen molar-refractivity contribution < 1.29 is 18.0 Å². The Morgan fingerprint density at radius 1 is 0.932 bits per heavy atom. The van der Waals surface area contributed by atoms with Crippen LogP contribution in [0.5, 0.6) is 0 Å². The molecule has 1 saturated heterocycles. The number of carbonyl (C=O) groups is 2. The summed E-state index contributed by atoms with van der Waals surface area (Å²) in [4.78, 5) is 31.6. The number of hydrogen-bond acceptors (Lipinski definition) is 6. The first-order valence-electron chi connectivity index (χ1n) is 15.1. The van der Waals surface area contributed by atoms with E-state index in [2.05, 4.69) is 33.7 Å². The standard InChI is InChI=1S/C33H38ClN5O4S/c1-44(42,43)39-14-13-28-26(22-39)7-4-8-31(28)37-15-17-38(18-16-37)33(41)30(19-23-9-11-27(34)12-10-23)36-32(40)29-20-24-5-2-3-6-25(24)21-35-29/h2-12,29-30,35H,13-22H2,1H3,(H,36,40)/t29-,30-/m1/s1. The van der Waals surface area contributed by atoms with Crippen molar-refractivity contribution in [1.29, 1.82) is 0 Å². The molecule has 2 amide bonds. The van der Waals surface area contributed by atoms with Crippen molar-refractivity contribution in [2.45, 2.75) is 44.4 Å². The zero-order valence-electron chi connectivity index (χ0n) is 24.8. The third-order valence-electron chi connectivity index (χ3n) is 8.97. The average Bonchev–Trinajstić information content (AvgIpc) is 3.04.